The zero-order chi connectivity index (χ0) is 18.5. The third-order valence-electron chi connectivity index (χ3n) is 4.99. The summed E-state index contributed by atoms with van der Waals surface area (Å²) in [6.45, 7) is 6.86. The predicted octanol–water partition coefficient (Wildman–Crippen LogP) is 2.24. The van der Waals surface area contributed by atoms with Crippen molar-refractivity contribution in [1.82, 2.24) is 19.4 Å². The monoisotopic (exact) mass is 403 g/mol. The number of thioether (sulfide) groups is 1. The summed E-state index contributed by atoms with van der Waals surface area (Å²) < 4.78 is 1.91. The number of alkyl halides is 2. The average molecular weight is 404 g/mol. The lowest BCUT2D eigenvalue weighted by atomic mass is 9.91. The predicted molar refractivity (Wildman–Crippen MR) is 102 cm³/mol. The molecule has 2 N–H and O–H groups in total. The highest BCUT2D eigenvalue weighted by Gasteiger charge is 2.59. The zero-order valence-electron chi connectivity index (χ0n) is 14.7. The van der Waals surface area contributed by atoms with Gasteiger partial charge in [-0.1, -0.05) is 0 Å². The van der Waals surface area contributed by atoms with Crippen molar-refractivity contribution < 1.29 is 4.79 Å². The van der Waals surface area contributed by atoms with Gasteiger partial charge in [0.15, 0.2) is 4.87 Å². The van der Waals surface area contributed by atoms with E-state index < -0.39 is 16.3 Å². The van der Waals surface area contributed by atoms with Gasteiger partial charge >= 0.3 is 0 Å². The molecule has 4 atom stereocenters. The minimum Gasteiger partial charge on any atom is -0.368 e. The van der Waals surface area contributed by atoms with Gasteiger partial charge in [0.2, 0.25) is 5.91 Å². The van der Waals surface area contributed by atoms with Gasteiger partial charge in [0.25, 0.3) is 0 Å². The van der Waals surface area contributed by atoms with Crippen molar-refractivity contribution in [1.29, 1.82) is 0 Å². The molecule has 1 aromatic heterocycles. The van der Waals surface area contributed by atoms with E-state index in [0.717, 1.165) is 5.03 Å². The molecule has 0 spiro atoms. The molecule has 25 heavy (non-hydrogen) atoms. The number of aromatic nitrogens is 2. The van der Waals surface area contributed by atoms with Crippen LogP contribution < -0.4 is 5.73 Å². The van der Waals surface area contributed by atoms with Crippen LogP contribution in [0.15, 0.2) is 29.3 Å². The van der Waals surface area contributed by atoms with Crippen molar-refractivity contribution in [2.24, 2.45) is 5.73 Å². The lowest BCUT2D eigenvalue weighted by molar-refractivity contribution is -0.120. The maximum atomic E-state index is 12.4. The summed E-state index contributed by atoms with van der Waals surface area (Å²) in [5.74, 6) is -0.561. The first-order chi connectivity index (χ1) is 11.7. The number of likely N-dealkylation sites (N-methyl/N-ethyl adjacent to an activating group) is 1. The fraction of sp³-hybridized carbons (Fsp3) is 0.625. The Kier molecular flexibility index (Phi) is 5.05. The third-order valence-corrected chi connectivity index (χ3v) is 7.74. The molecule has 0 fully saturated rings. The van der Waals surface area contributed by atoms with Crippen molar-refractivity contribution in [3.05, 3.63) is 29.3 Å². The molecule has 1 aromatic rings. The second-order valence-corrected chi connectivity index (χ2v) is 9.00. The Balaban J connectivity index is 2.08. The van der Waals surface area contributed by atoms with Gasteiger partial charge < -0.3 is 15.2 Å². The molecular formula is C16H23Cl2N5OS. The fourth-order valence-corrected chi connectivity index (χ4v) is 6.37. The number of carbonyl (C=O) groups is 1. The van der Waals surface area contributed by atoms with Crippen molar-refractivity contribution in [2.45, 2.75) is 55.1 Å². The maximum Gasteiger partial charge on any atom is 0.244 e. The van der Waals surface area contributed by atoms with Crippen LogP contribution in [0.25, 0.3) is 0 Å². The Morgan fingerprint density at radius 1 is 1.52 bits per heavy atom. The summed E-state index contributed by atoms with van der Waals surface area (Å²) in [6, 6.07) is 0.236. The largest absolute Gasteiger partial charge is 0.368 e. The van der Waals surface area contributed by atoms with Crippen LogP contribution in [0.4, 0.5) is 0 Å². The molecule has 0 bridgehead atoms. The molecule has 3 heterocycles. The van der Waals surface area contributed by atoms with E-state index in [2.05, 4.69) is 30.7 Å². The summed E-state index contributed by atoms with van der Waals surface area (Å²) in [4.78, 5) is 19.5. The standard InChI is InChI=1S/C16H23Cl2N5OS/c1-9(2)23-10(3)21(4)13(17)12-14(23)25-11(16(12,18)15(19)24)7-22-6-5-20-8-22/h5-6,8-11,13H,7H2,1-4H3,(H2,19,24). The fourth-order valence-electron chi connectivity index (χ4n) is 3.55. The van der Waals surface area contributed by atoms with Crippen molar-refractivity contribution in [3.8, 4) is 0 Å². The lowest BCUT2D eigenvalue weighted by Crippen LogP contribution is -2.58. The summed E-state index contributed by atoms with van der Waals surface area (Å²) in [5, 5.41) is 0.714. The minimum atomic E-state index is -1.34. The Bertz CT molecular complexity index is 695. The number of imidazole rings is 1. The lowest BCUT2D eigenvalue weighted by Gasteiger charge is -2.47. The highest BCUT2D eigenvalue weighted by Crippen LogP contribution is 2.55. The normalized spacial score (nSPS) is 33.2. The third kappa shape index (κ3) is 2.85. The quantitative estimate of drug-likeness (QED) is 0.616. The van der Waals surface area contributed by atoms with Gasteiger partial charge in [0.1, 0.15) is 5.50 Å². The van der Waals surface area contributed by atoms with E-state index in [1.165, 1.54) is 0 Å². The molecule has 1 amide bonds. The van der Waals surface area contributed by atoms with E-state index in [0.29, 0.717) is 12.1 Å². The highest BCUT2D eigenvalue weighted by molar-refractivity contribution is 8.04. The molecule has 0 radical (unpaired) electrons. The van der Waals surface area contributed by atoms with E-state index in [1.54, 1.807) is 24.3 Å². The van der Waals surface area contributed by atoms with Crippen LogP contribution in [0.2, 0.25) is 0 Å². The van der Waals surface area contributed by atoms with Crippen molar-refractivity contribution >= 4 is 40.9 Å². The van der Waals surface area contributed by atoms with E-state index in [1.807, 2.05) is 22.7 Å². The average Bonchev–Trinajstić information content (AvgIpc) is 3.13. The molecular weight excluding hydrogens is 381 g/mol. The van der Waals surface area contributed by atoms with Crippen molar-refractivity contribution in [3.63, 3.8) is 0 Å². The van der Waals surface area contributed by atoms with Gasteiger partial charge in [-0.3, -0.25) is 9.69 Å². The van der Waals surface area contributed by atoms with Crippen LogP contribution in [0.3, 0.4) is 0 Å². The summed E-state index contributed by atoms with van der Waals surface area (Å²) in [5.41, 5.74) is 6.00. The number of amides is 1. The second-order valence-electron chi connectivity index (χ2n) is 6.79. The highest BCUT2D eigenvalue weighted by atomic mass is 35.5. The number of primary amides is 1. The number of nitrogens with zero attached hydrogens (tertiary/aromatic N) is 4. The number of nitrogens with two attached hydrogens (primary N) is 1. The first kappa shape index (κ1) is 18.9. The van der Waals surface area contributed by atoms with Crippen LogP contribution in [0.5, 0.6) is 0 Å². The Morgan fingerprint density at radius 2 is 2.20 bits per heavy atom. The SMILES string of the molecule is CC(C)N1C2=C(C(Cl)N(C)C1C)C(Cl)(C(N)=O)C(Cn1ccnc1)S2. The molecule has 3 rings (SSSR count). The maximum absolute atomic E-state index is 12.4. The Hall–Kier alpha value is -0.890. The molecule has 6 nitrogen and oxygen atoms in total. The Labute approximate surface area is 162 Å². The molecule has 0 aromatic carbocycles. The van der Waals surface area contributed by atoms with Gasteiger partial charge in [-0.2, -0.15) is 0 Å². The molecule has 2 aliphatic rings. The number of rotatable bonds is 4. The van der Waals surface area contributed by atoms with Gasteiger partial charge in [0, 0.05) is 30.6 Å². The molecule has 0 saturated heterocycles. The number of halogens is 2. The minimum absolute atomic E-state index is 0.0922. The summed E-state index contributed by atoms with van der Waals surface area (Å²) in [7, 11) is 1.94. The van der Waals surface area contributed by atoms with Crippen LogP contribution in [-0.2, 0) is 11.3 Å². The van der Waals surface area contributed by atoms with Gasteiger partial charge in [0.05, 0.1) is 22.8 Å². The van der Waals surface area contributed by atoms with E-state index >= 15 is 0 Å². The van der Waals surface area contributed by atoms with Crippen LogP contribution in [0.1, 0.15) is 20.8 Å². The number of carbonyl (C=O) groups excluding carboxylic acids is 1. The van der Waals surface area contributed by atoms with Crippen LogP contribution in [0, 0.1) is 0 Å². The summed E-state index contributed by atoms with van der Waals surface area (Å²) in [6.07, 6.45) is 5.36. The first-order valence-electron chi connectivity index (χ1n) is 8.19. The van der Waals surface area contributed by atoms with Gasteiger partial charge in [-0.05, 0) is 27.8 Å². The second kappa shape index (κ2) is 6.68. The first-order valence-corrected chi connectivity index (χ1v) is 9.89. The molecule has 2 aliphatic heterocycles. The van der Waals surface area contributed by atoms with Crippen LogP contribution >= 0.6 is 35.0 Å². The molecule has 4 unspecified atom stereocenters. The topological polar surface area (TPSA) is 67.4 Å². The van der Waals surface area contributed by atoms with Gasteiger partial charge in [-0.25, -0.2) is 4.98 Å². The van der Waals surface area contributed by atoms with E-state index in [-0.39, 0.29) is 17.5 Å². The Morgan fingerprint density at radius 3 is 2.72 bits per heavy atom. The zero-order valence-corrected chi connectivity index (χ0v) is 17.0. The smallest absolute Gasteiger partial charge is 0.244 e. The molecule has 0 saturated carbocycles. The van der Waals surface area contributed by atoms with E-state index in [9.17, 15) is 4.79 Å². The van der Waals surface area contributed by atoms with Crippen molar-refractivity contribution in [2.75, 3.05) is 7.05 Å². The molecule has 9 heteroatoms. The van der Waals surface area contributed by atoms with Crippen LogP contribution in [-0.4, -0.2) is 60.1 Å². The number of hydrogen-bond acceptors (Lipinski definition) is 5. The molecule has 0 aliphatic carbocycles. The van der Waals surface area contributed by atoms with E-state index in [4.69, 9.17) is 28.9 Å². The number of hydrogen-bond donors (Lipinski definition) is 1. The molecule has 138 valence electrons. The summed E-state index contributed by atoms with van der Waals surface area (Å²) >= 11 is 15.2. The van der Waals surface area contributed by atoms with Gasteiger partial charge in [-0.15, -0.1) is 35.0 Å².